The Kier molecular flexibility index (Phi) is 10.5. The molecule has 0 aliphatic rings. The second-order valence-corrected chi connectivity index (χ2v) is 37.5. The fourth-order valence-electron chi connectivity index (χ4n) is 14.0. The van der Waals surface area contributed by atoms with E-state index in [0.29, 0.717) is 28.2 Å². The first-order valence-corrected chi connectivity index (χ1v) is 38.9. The Morgan fingerprint density at radius 2 is 0.869 bits per heavy atom. The van der Waals surface area contributed by atoms with Crippen LogP contribution in [0.3, 0.4) is 0 Å². The quantitative estimate of drug-likeness (QED) is 0.0444. The minimum absolute atomic E-state index is 0.0878. The highest BCUT2D eigenvalue weighted by Gasteiger charge is 2.46. The van der Waals surface area contributed by atoms with Crippen molar-refractivity contribution >= 4 is 90.5 Å². The van der Waals surface area contributed by atoms with Gasteiger partial charge in [-0.2, -0.15) is 0 Å². The smallest absolute Gasteiger partial charge is 0.269 e. The summed E-state index contributed by atoms with van der Waals surface area (Å²) in [7, 11) is -13.6. The monoisotopic (exact) mass is 1450 g/mol. The third-order valence-corrected chi connectivity index (χ3v) is 27.8. The summed E-state index contributed by atoms with van der Waals surface area (Å²) in [6.45, 7) is 23.3. The molecule has 16 rings (SSSR count). The minimum atomic E-state index is -6.85. The van der Waals surface area contributed by atoms with E-state index in [1.165, 1.54) is 21.3 Å². The van der Waals surface area contributed by atoms with Crippen LogP contribution in [-0.4, -0.2) is 30.3 Å². The molecule has 7 heteroatoms. The van der Waals surface area contributed by atoms with Crippen LogP contribution >= 0.6 is 0 Å². The molecule has 0 aliphatic carbocycles. The van der Waals surface area contributed by atoms with Gasteiger partial charge in [0.25, 0.3) is 6.33 Å². The van der Waals surface area contributed by atoms with Crippen LogP contribution in [0.25, 0.3) is 72.3 Å². The zero-order valence-corrected chi connectivity index (χ0v) is 62.9. The summed E-state index contributed by atoms with van der Waals surface area (Å²) in [4.78, 5) is 4.90. The first kappa shape index (κ1) is 40.9. The molecule has 0 saturated carbocycles. The maximum atomic E-state index is 11.7. The number of rotatable bonds is 15. The van der Waals surface area contributed by atoms with Crippen molar-refractivity contribution < 1.29 is 55.9 Å². The average molecular weight is 1460 g/mol. The van der Waals surface area contributed by atoms with Crippen LogP contribution in [0.15, 0.2) is 339 Å². The van der Waals surface area contributed by atoms with E-state index in [4.69, 9.17) is 13.8 Å². The maximum absolute atomic E-state index is 11.7. The molecule has 3 heterocycles. The molecule has 16 aromatic rings. The molecule has 0 N–H and O–H groups in total. The molecule has 107 heavy (non-hydrogen) atoms. The summed E-state index contributed by atoms with van der Waals surface area (Å²) < 4.78 is 352. The number of hydrogen-bond donors (Lipinski definition) is 0. The van der Waals surface area contributed by atoms with E-state index in [1.54, 1.807) is 75.5 Å². The van der Waals surface area contributed by atoms with Crippen molar-refractivity contribution in [3.63, 3.8) is 0 Å². The second kappa shape index (κ2) is 27.5. The molecule has 0 saturated heterocycles. The number of imidazole rings is 1. The molecule has 0 atom stereocenters. The molecule has 0 fully saturated rings. The normalized spacial score (nSPS) is 16.9. The number of fused-ring (bicyclic) bond motifs is 4. The van der Waals surface area contributed by atoms with Crippen LogP contribution < -0.4 is 50.8 Å². The van der Waals surface area contributed by atoms with Gasteiger partial charge in [0, 0.05) is 23.0 Å². The Morgan fingerprint density at radius 1 is 0.374 bits per heavy atom. The number of benzene rings is 13. The number of aromatic nitrogens is 4. The van der Waals surface area contributed by atoms with E-state index in [0.717, 1.165) is 33.0 Å². The number of pyridine rings is 1. The Balaban J connectivity index is 1.20. The van der Waals surface area contributed by atoms with Crippen molar-refractivity contribution in [3.8, 4) is 50.9 Å². The summed E-state index contributed by atoms with van der Waals surface area (Å²) >= 11 is 0. The van der Waals surface area contributed by atoms with Gasteiger partial charge in [0.05, 0.1) is 80.0 Å². The summed E-state index contributed by atoms with van der Waals surface area (Å²) in [5, 5.41) is -7.10. The standard InChI is InChI=1S/C100H92N4OSi2/c1-97(2,3)73-57-58-101-95(66-73)104-90-52-32-31-51-87(90)88-55-54-79(68-92(88)104)105-78-37-34-36-77(67-78)102-69-103(91-56-53-70(62-93(91)102)72-59-74(98(4,5)6)63-75(60-72)99(7,8)9)96-89(71-35-33-50-86(61-71)106(80-38-19-13-20-39-80,81-40-21-14-22-41-81)82-42-23-15-24-43-82)64-76(100(10,11)12)65-94(96)107(83-44-25-16-26-45-83,84-46-27-17-28-47-84)85-48-29-18-30-49-85/h13-68H,1-12H3/i13D,14D,15D,16D,17D,18D,19D,20D,21D,22D,23D,24D,25D,26D,27D,28D,29D,30D,33D,35D,38D,39D,40D,41D,42D,43D,44D,45D,46D,47D,48D,49D,50D,61D. The molecule has 0 aliphatic heterocycles. The van der Waals surface area contributed by atoms with E-state index in [1.807, 2.05) is 107 Å². The topological polar surface area (TPSA) is 35.9 Å². The van der Waals surface area contributed by atoms with Gasteiger partial charge in [0.15, 0.2) is 16.1 Å². The molecular weight excluding hydrogens is 1330 g/mol. The lowest BCUT2D eigenvalue weighted by Crippen LogP contribution is -2.76. The predicted molar refractivity (Wildman–Crippen MR) is 455 cm³/mol. The Bertz CT molecular complexity index is 7600. The van der Waals surface area contributed by atoms with E-state index >= 15 is 0 Å². The van der Waals surface area contributed by atoms with Gasteiger partial charge < -0.3 is 4.74 Å². The van der Waals surface area contributed by atoms with Crippen LogP contribution in [0.1, 0.15) is 152 Å². The van der Waals surface area contributed by atoms with Crippen LogP contribution in [-0.2, 0) is 21.7 Å². The second-order valence-electron chi connectivity index (χ2n) is 30.5. The highest BCUT2D eigenvalue weighted by molar-refractivity contribution is 7.21. The number of ether oxygens (including phenoxy) is 1. The lowest BCUT2D eigenvalue weighted by Gasteiger charge is -2.38. The Labute approximate surface area is 681 Å². The SMILES string of the molecule is [2H]c1c([2H])c([2H])c([Si](c2cc(C(C)(C)C)cc(-c3c([2H])c([2H])c([2H])c([Si](c4c([2H])c([2H])c([2H])c([2H])c4[2H])(c4c([2H])c([2H])c([2H])c([2H])c4[2H])c4c([2H])c([2H])c([2H])c([2H])c4[2H])c3[2H])c2-[n+]2[c-]n(-c3cccc(Oc4ccc5c6ccccc6n(-c6cc(C(C)(C)C)ccn6)c5c4)c3)c3cc(-c4cc(C(C)(C)C)cc(C(C)(C)C)c4)ccc32)(c2c([2H])c([2H])c([2H])c([2H])c2[2H])c2c([2H])c([2H])c([2H])c([2H])c2[2H])c([2H])c1[2H]. The lowest BCUT2D eigenvalue weighted by atomic mass is 9.79. The highest BCUT2D eigenvalue weighted by Crippen LogP contribution is 2.40. The molecule has 0 radical (unpaired) electrons. The summed E-state index contributed by atoms with van der Waals surface area (Å²) in [5.41, 5.74) is 0.144. The first-order chi connectivity index (χ1) is 65.7. The van der Waals surface area contributed by atoms with E-state index < -0.39 is 296 Å². The molecule has 0 amide bonds. The highest BCUT2D eigenvalue weighted by atomic mass is 28.3. The molecule has 0 spiro atoms. The fourth-order valence-corrected chi connectivity index (χ4v) is 21.6. The van der Waals surface area contributed by atoms with Crippen molar-refractivity contribution in [2.75, 3.05) is 0 Å². The van der Waals surface area contributed by atoms with Gasteiger partial charge in [-0.1, -0.05) is 355 Å². The van der Waals surface area contributed by atoms with Gasteiger partial charge in [0.1, 0.15) is 17.3 Å². The first-order valence-electron chi connectivity index (χ1n) is 51.9. The minimum Gasteiger partial charge on any atom is -0.458 e. The van der Waals surface area contributed by atoms with Gasteiger partial charge in [-0.25, -0.2) is 4.98 Å². The third-order valence-electron chi connectivity index (χ3n) is 19.6. The van der Waals surface area contributed by atoms with Crippen LogP contribution in [0, 0.1) is 6.33 Å². The van der Waals surface area contributed by atoms with E-state index in [9.17, 15) is 42.5 Å². The van der Waals surface area contributed by atoms with Gasteiger partial charge in [-0.15, -0.1) is 0 Å². The van der Waals surface area contributed by atoms with Crippen molar-refractivity contribution in [2.24, 2.45) is 0 Å². The largest absolute Gasteiger partial charge is 0.458 e. The van der Waals surface area contributed by atoms with Crippen molar-refractivity contribution in [1.82, 2.24) is 14.1 Å². The Morgan fingerprint density at radius 3 is 1.41 bits per heavy atom. The molecular formula is C100H92N4OSi2. The van der Waals surface area contributed by atoms with Crippen LogP contribution in [0.2, 0.25) is 0 Å². The third kappa shape index (κ3) is 12.8. The molecule has 0 bridgehead atoms. The zero-order chi connectivity index (χ0) is 104. The van der Waals surface area contributed by atoms with Gasteiger partial charge in [0.2, 0.25) is 0 Å². The predicted octanol–water partition coefficient (Wildman–Crippen LogP) is 19.3. The van der Waals surface area contributed by atoms with E-state index in [2.05, 4.69) is 33.2 Å². The van der Waals surface area contributed by atoms with Gasteiger partial charge in [-0.05, 0) is 162 Å². The summed E-state index contributed by atoms with van der Waals surface area (Å²) in [6, 6.07) is -4.85. The number of hydrogen-bond acceptors (Lipinski definition) is 2. The number of para-hydroxylation sites is 1. The summed E-state index contributed by atoms with van der Waals surface area (Å²) in [5.74, 6) is 1.08. The van der Waals surface area contributed by atoms with Crippen molar-refractivity contribution in [2.45, 2.75) is 105 Å². The van der Waals surface area contributed by atoms with Crippen LogP contribution in [0.4, 0.5) is 0 Å². The molecule has 13 aromatic carbocycles. The van der Waals surface area contributed by atoms with Crippen molar-refractivity contribution in [3.05, 3.63) is 368 Å². The van der Waals surface area contributed by atoms with Gasteiger partial charge in [-0.3, -0.25) is 13.7 Å². The summed E-state index contributed by atoms with van der Waals surface area (Å²) in [6.07, 6.45) is 5.27. The molecule has 0 unspecified atom stereocenters. The maximum Gasteiger partial charge on any atom is 0.269 e. The zero-order valence-electron chi connectivity index (χ0n) is 94.9. The molecule has 526 valence electrons. The average Bonchev–Trinajstić information content (AvgIpc) is 1.12. The lowest BCUT2D eigenvalue weighted by molar-refractivity contribution is -0.570. The molecule has 3 aromatic heterocycles. The Hall–Kier alpha value is -11.5. The van der Waals surface area contributed by atoms with E-state index in [-0.39, 0.29) is 33.4 Å². The fraction of sp³-hybridized carbons (Fsp3) is 0.160. The number of nitrogens with zero attached hydrogens (tertiary/aromatic N) is 4. The van der Waals surface area contributed by atoms with Crippen molar-refractivity contribution in [1.29, 1.82) is 0 Å². The van der Waals surface area contributed by atoms with Crippen LogP contribution in [0.5, 0.6) is 11.5 Å². The molecule has 5 nitrogen and oxygen atoms in total. The van der Waals surface area contributed by atoms with Gasteiger partial charge >= 0.3 is 0 Å².